The Morgan fingerprint density at radius 3 is 2.76 bits per heavy atom. The number of nitrogens with zero attached hydrogens (tertiary/aromatic N) is 2. The standard InChI is InChI=1S/C21H23N3O/c1-4-16-7-5-6-8-18(16)23-21(25)14-24(3)20-11-12-22-19-10-9-15(2)13-17(19)20/h5-13H,4,14H2,1-3H3,(H,23,25). The molecule has 0 fully saturated rings. The quantitative estimate of drug-likeness (QED) is 0.762. The lowest BCUT2D eigenvalue weighted by Crippen LogP contribution is -2.30. The highest BCUT2D eigenvalue weighted by atomic mass is 16.2. The van der Waals surface area contributed by atoms with Crippen LogP contribution in [0, 0.1) is 6.92 Å². The number of aromatic nitrogens is 1. The van der Waals surface area contributed by atoms with Crippen molar-refractivity contribution in [2.45, 2.75) is 20.3 Å². The Hall–Kier alpha value is -2.88. The van der Waals surface area contributed by atoms with E-state index in [1.807, 2.05) is 54.4 Å². The van der Waals surface area contributed by atoms with Gasteiger partial charge in [-0.15, -0.1) is 0 Å². The first-order valence-corrected chi connectivity index (χ1v) is 8.52. The Bertz CT molecular complexity index is 905. The van der Waals surface area contributed by atoms with E-state index in [4.69, 9.17) is 0 Å². The Morgan fingerprint density at radius 2 is 1.96 bits per heavy atom. The topological polar surface area (TPSA) is 45.2 Å². The number of carbonyl (C=O) groups excluding carboxylic acids is 1. The van der Waals surface area contributed by atoms with Gasteiger partial charge in [-0.1, -0.05) is 36.8 Å². The van der Waals surface area contributed by atoms with Crippen LogP contribution in [0.3, 0.4) is 0 Å². The second-order valence-corrected chi connectivity index (χ2v) is 6.27. The number of anilines is 2. The summed E-state index contributed by atoms with van der Waals surface area (Å²) in [4.78, 5) is 18.9. The second kappa shape index (κ2) is 7.34. The Morgan fingerprint density at radius 1 is 1.16 bits per heavy atom. The van der Waals surface area contributed by atoms with Crippen molar-refractivity contribution >= 4 is 28.2 Å². The fraction of sp³-hybridized carbons (Fsp3) is 0.238. The predicted octanol–water partition coefficient (Wildman–Crippen LogP) is 4.18. The molecule has 0 saturated carbocycles. The van der Waals surface area contributed by atoms with E-state index in [1.54, 1.807) is 6.20 Å². The summed E-state index contributed by atoms with van der Waals surface area (Å²) in [5.74, 6) is -0.0268. The van der Waals surface area contributed by atoms with E-state index in [9.17, 15) is 4.79 Å². The van der Waals surface area contributed by atoms with Crippen LogP contribution in [-0.2, 0) is 11.2 Å². The first kappa shape index (κ1) is 17.0. The molecule has 0 saturated heterocycles. The molecule has 1 amide bonds. The fourth-order valence-corrected chi connectivity index (χ4v) is 3.02. The van der Waals surface area contributed by atoms with Crippen molar-refractivity contribution in [2.24, 2.45) is 0 Å². The van der Waals surface area contributed by atoms with Gasteiger partial charge in [0.1, 0.15) is 0 Å². The summed E-state index contributed by atoms with van der Waals surface area (Å²) >= 11 is 0. The van der Waals surface area contributed by atoms with Crippen LogP contribution in [0.1, 0.15) is 18.1 Å². The van der Waals surface area contributed by atoms with E-state index in [2.05, 4.69) is 30.2 Å². The zero-order valence-electron chi connectivity index (χ0n) is 14.9. The van der Waals surface area contributed by atoms with Gasteiger partial charge in [-0.05, 0) is 43.2 Å². The molecule has 0 aliphatic carbocycles. The van der Waals surface area contributed by atoms with Crippen LogP contribution in [0.2, 0.25) is 0 Å². The normalized spacial score (nSPS) is 10.7. The van der Waals surface area contributed by atoms with E-state index in [0.717, 1.165) is 34.3 Å². The molecule has 0 radical (unpaired) electrons. The third kappa shape index (κ3) is 3.79. The smallest absolute Gasteiger partial charge is 0.243 e. The number of hydrogen-bond donors (Lipinski definition) is 1. The van der Waals surface area contributed by atoms with Gasteiger partial charge in [-0.3, -0.25) is 9.78 Å². The number of aryl methyl sites for hydroxylation is 2. The van der Waals surface area contributed by atoms with Crippen molar-refractivity contribution in [3.8, 4) is 0 Å². The van der Waals surface area contributed by atoms with Gasteiger partial charge in [-0.2, -0.15) is 0 Å². The summed E-state index contributed by atoms with van der Waals surface area (Å²) in [6.45, 7) is 4.43. The maximum absolute atomic E-state index is 12.5. The van der Waals surface area contributed by atoms with Crippen molar-refractivity contribution in [2.75, 3.05) is 23.8 Å². The first-order valence-electron chi connectivity index (χ1n) is 8.52. The molecule has 3 aromatic rings. The van der Waals surface area contributed by atoms with Crippen LogP contribution in [0.5, 0.6) is 0 Å². The van der Waals surface area contributed by atoms with Gasteiger partial charge in [0.25, 0.3) is 0 Å². The first-order chi connectivity index (χ1) is 12.1. The van der Waals surface area contributed by atoms with Crippen LogP contribution in [0.25, 0.3) is 10.9 Å². The predicted molar refractivity (Wildman–Crippen MR) is 104 cm³/mol. The number of pyridine rings is 1. The molecule has 0 aliphatic rings. The molecule has 25 heavy (non-hydrogen) atoms. The monoisotopic (exact) mass is 333 g/mol. The van der Waals surface area contributed by atoms with Gasteiger partial charge in [0, 0.05) is 30.0 Å². The number of carbonyl (C=O) groups is 1. The molecule has 2 aromatic carbocycles. The highest BCUT2D eigenvalue weighted by molar-refractivity contribution is 5.97. The summed E-state index contributed by atoms with van der Waals surface area (Å²) in [5, 5.41) is 4.09. The molecule has 0 unspecified atom stereocenters. The van der Waals surface area contributed by atoms with Crippen molar-refractivity contribution < 1.29 is 4.79 Å². The number of para-hydroxylation sites is 1. The highest BCUT2D eigenvalue weighted by Crippen LogP contribution is 2.25. The minimum atomic E-state index is -0.0268. The van der Waals surface area contributed by atoms with E-state index < -0.39 is 0 Å². The molecule has 0 bridgehead atoms. The molecule has 4 nitrogen and oxygen atoms in total. The van der Waals surface area contributed by atoms with Crippen molar-refractivity contribution in [3.63, 3.8) is 0 Å². The number of hydrogen-bond acceptors (Lipinski definition) is 3. The molecule has 3 rings (SSSR count). The third-order valence-corrected chi connectivity index (χ3v) is 4.34. The third-order valence-electron chi connectivity index (χ3n) is 4.34. The number of rotatable bonds is 5. The average molecular weight is 333 g/mol. The zero-order chi connectivity index (χ0) is 17.8. The minimum Gasteiger partial charge on any atom is -0.365 e. The number of nitrogens with one attached hydrogen (secondary N) is 1. The number of benzene rings is 2. The Kier molecular flexibility index (Phi) is 4.98. The molecular formula is C21H23N3O. The summed E-state index contributed by atoms with van der Waals surface area (Å²) < 4.78 is 0. The van der Waals surface area contributed by atoms with E-state index >= 15 is 0 Å². The van der Waals surface area contributed by atoms with E-state index in [-0.39, 0.29) is 12.5 Å². The summed E-state index contributed by atoms with van der Waals surface area (Å²) in [7, 11) is 1.93. The molecule has 0 spiro atoms. The highest BCUT2D eigenvalue weighted by Gasteiger charge is 2.12. The molecule has 0 aliphatic heterocycles. The summed E-state index contributed by atoms with van der Waals surface area (Å²) in [5.41, 5.74) is 5.15. The number of likely N-dealkylation sites (N-methyl/N-ethyl adjacent to an activating group) is 1. The van der Waals surface area contributed by atoms with Crippen molar-refractivity contribution in [1.82, 2.24) is 4.98 Å². The maximum Gasteiger partial charge on any atom is 0.243 e. The molecule has 1 N–H and O–H groups in total. The van der Waals surface area contributed by atoms with Gasteiger partial charge in [0.05, 0.1) is 12.1 Å². The number of fused-ring (bicyclic) bond motifs is 1. The largest absolute Gasteiger partial charge is 0.365 e. The van der Waals surface area contributed by atoms with E-state index in [0.29, 0.717) is 0 Å². The zero-order valence-corrected chi connectivity index (χ0v) is 14.9. The minimum absolute atomic E-state index is 0.0268. The van der Waals surface area contributed by atoms with E-state index in [1.165, 1.54) is 5.56 Å². The molecule has 1 heterocycles. The lowest BCUT2D eigenvalue weighted by Gasteiger charge is -2.21. The van der Waals surface area contributed by atoms with Crippen LogP contribution >= 0.6 is 0 Å². The molecule has 4 heteroatoms. The lowest BCUT2D eigenvalue weighted by atomic mass is 10.1. The molecule has 1 aromatic heterocycles. The van der Waals surface area contributed by atoms with Crippen LogP contribution < -0.4 is 10.2 Å². The fourth-order valence-electron chi connectivity index (χ4n) is 3.02. The SMILES string of the molecule is CCc1ccccc1NC(=O)CN(C)c1ccnc2ccc(C)cc12. The van der Waals surface area contributed by atoms with Crippen molar-refractivity contribution in [3.05, 3.63) is 65.9 Å². The van der Waals surface area contributed by atoms with Gasteiger partial charge >= 0.3 is 0 Å². The van der Waals surface area contributed by atoms with Gasteiger partial charge in [0.15, 0.2) is 0 Å². The van der Waals surface area contributed by atoms with Gasteiger partial charge in [-0.25, -0.2) is 0 Å². The molecular weight excluding hydrogens is 310 g/mol. The second-order valence-electron chi connectivity index (χ2n) is 6.27. The Balaban J connectivity index is 1.79. The molecule has 128 valence electrons. The van der Waals surface area contributed by atoms with Crippen LogP contribution in [0.15, 0.2) is 54.7 Å². The van der Waals surface area contributed by atoms with Crippen molar-refractivity contribution in [1.29, 1.82) is 0 Å². The van der Waals surface area contributed by atoms with Gasteiger partial charge in [0.2, 0.25) is 5.91 Å². The van der Waals surface area contributed by atoms with Gasteiger partial charge < -0.3 is 10.2 Å². The average Bonchev–Trinajstić information content (AvgIpc) is 2.61. The number of amides is 1. The summed E-state index contributed by atoms with van der Waals surface area (Å²) in [6.07, 6.45) is 2.67. The van der Waals surface area contributed by atoms with Crippen LogP contribution in [0.4, 0.5) is 11.4 Å². The molecule has 0 atom stereocenters. The Labute approximate surface area is 148 Å². The summed E-state index contributed by atoms with van der Waals surface area (Å²) in [6, 6.07) is 16.0. The lowest BCUT2D eigenvalue weighted by molar-refractivity contribution is -0.114. The van der Waals surface area contributed by atoms with Crippen LogP contribution in [-0.4, -0.2) is 24.5 Å². The maximum atomic E-state index is 12.5.